The van der Waals surface area contributed by atoms with Gasteiger partial charge in [0.25, 0.3) is 0 Å². The molecule has 0 aromatic heterocycles. The minimum Gasteiger partial charge on any atom is -0.481 e. The molecule has 0 unspecified atom stereocenters. The molecule has 2 rings (SSSR count). The lowest BCUT2D eigenvalue weighted by atomic mass is 9.85. The first-order valence-corrected chi connectivity index (χ1v) is 21.4. The molecule has 0 saturated carbocycles. The number of hydrogen-bond acceptors (Lipinski definition) is 4. The predicted octanol–water partition coefficient (Wildman–Crippen LogP) is 12.4. The third-order valence-electron chi connectivity index (χ3n) is 12.3. The molecule has 0 fully saturated rings. The summed E-state index contributed by atoms with van der Waals surface area (Å²) in [5, 5.41) is 36.8. The summed E-state index contributed by atoms with van der Waals surface area (Å²) >= 11 is 0. The lowest BCUT2D eigenvalue weighted by Crippen LogP contribution is -2.23. The van der Waals surface area contributed by atoms with Crippen LogP contribution in [0.5, 0.6) is 0 Å². The van der Waals surface area contributed by atoms with E-state index in [1.165, 1.54) is 38.9 Å². The van der Waals surface area contributed by atoms with Crippen molar-refractivity contribution in [1.82, 2.24) is 0 Å². The van der Waals surface area contributed by atoms with Gasteiger partial charge in [0.15, 0.2) is 0 Å². The lowest BCUT2D eigenvalue weighted by Gasteiger charge is -2.19. The van der Waals surface area contributed by atoms with E-state index in [0.717, 1.165) is 89.9 Å². The molecule has 0 aliphatic heterocycles. The minimum absolute atomic E-state index is 0.634. The van der Waals surface area contributed by atoms with Gasteiger partial charge in [0, 0.05) is 0 Å². The molecule has 0 spiro atoms. The van der Waals surface area contributed by atoms with Gasteiger partial charge in [-0.25, -0.2) is 0 Å². The van der Waals surface area contributed by atoms with Crippen molar-refractivity contribution >= 4 is 23.9 Å². The maximum absolute atomic E-state index is 11.2. The average molecular weight is 795 g/mol. The van der Waals surface area contributed by atoms with Crippen LogP contribution in [0.1, 0.15) is 184 Å². The first-order chi connectivity index (χ1) is 26.4. The summed E-state index contributed by atoms with van der Waals surface area (Å²) in [6.45, 7) is 20.9. The molecule has 0 aliphatic rings. The van der Waals surface area contributed by atoms with Crippen molar-refractivity contribution in [2.24, 2.45) is 21.7 Å². The highest BCUT2D eigenvalue weighted by molar-refractivity contribution is 5.74. The zero-order valence-corrected chi connectivity index (χ0v) is 37.5. The maximum atomic E-state index is 11.2. The molecule has 8 nitrogen and oxygen atoms in total. The molecular weight excluding hydrogens is 717 g/mol. The van der Waals surface area contributed by atoms with Crippen LogP contribution in [0.25, 0.3) is 0 Å². The second kappa shape index (κ2) is 23.7. The number of hydrogen-bond donors (Lipinski definition) is 4. The number of carbonyl (C=O) groups is 4. The average Bonchev–Trinajstić information content (AvgIpc) is 3.11. The zero-order valence-electron chi connectivity index (χ0n) is 37.5. The monoisotopic (exact) mass is 795 g/mol. The van der Waals surface area contributed by atoms with Crippen LogP contribution in [-0.2, 0) is 44.9 Å². The Hall–Kier alpha value is -3.68. The molecule has 0 bridgehead atoms. The molecule has 0 heterocycles. The quantitative estimate of drug-likeness (QED) is 0.0688. The van der Waals surface area contributed by atoms with Gasteiger partial charge in [-0.1, -0.05) is 68.9 Å². The first kappa shape index (κ1) is 51.3. The fourth-order valence-corrected chi connectivity index (χ4v) is 7.17. The van der Waals surface area contributed by atoms with Gasteiger partial charge in [0.05, 0.1) is 21.7 Å². The molecule has 0 atom stereocenters. The summed E-state index contributed by atoms with van der Waals surface area (Å²) in [6, 6.07) is 10.9. The SMILES string of the molecule is Cc1c(CCCCCC(C)(C)C(=O)O)cccc1CCCCC(C)(C)C(=O)O.Cc1ccc(CCCCCC(C)(C)C(=O)O)c(C)c1CCCCC(C)(C)C(=O)O. The second-order valence-corrected chi connectivity index (χ2v) is 19.1. The van der Waals surface area contributed by atoms with Gasteiger partial charge in [-0.3, -0.25) is 19.2 Å². The molecule has 2 aromatic rings. The Kier molecular flexibility index (Phi) is 21.3. The van der Waals surface area contributed by atoms with Crippen LogP contribution in [-0.4, -0.2) is 44.3 Å². The van der Waals surface area contributed by atoms with Crippen LogP contribution in [0.2, 0.25) is 0 Å². The largest absolute Gasteiger partial charge is 0.481 e. The molecule has 57 heavy (non-hydrogen) atoms. The number of carboxylic acids is 4. The summed E-state index contributed by atoms with van der Waals surface area (Å²) in [7, 11) is 0. The zero-order chi connectivity index (χ0) is 43.6. The Labute approximate surface area is 345 Å². The van der Waals surface area contributed by atoms with Crippen molar-refractivity contribution in [2.75, 3.05) is 0 Å². The van der Waals surface area contributed by atoms with E-state index in [-0.39, 0.29) is 0 Å². The van der Waals surface area contributed by atoms with Gasteiger partial charge in [-0.05, 0) is 192 Å². The fraction of sp³-hybridized carbons (Fsp3) is 0.673. The maximum Gasteiger partial charge on any atom is 0.309 e. The summed E-state index contributed by atoms with van der Waals surface area (Å²) < 4.78 is 0. The van der Waals surface area contributed by atoms with Crippen molar-refractivity contribution in [3.05, 3.63) is 69.3 Å². The number of benzene rings is 2. The highest BCUT2D eigenvalue weighted by atomic mass is 16.4. The number of rotatable bonds is 26. The third-order valence-corrected chi connectivity index (χ3v) is 12.3. The molecule has 0 saturated heterocycles. The summed E-state index contributed by atoms with van der Waals surface area (Å²) in [5.41, 5.74) is 6.99. The second-order valence-electron chi connectivity index (χ2n) is 19.1. The van der Waals surface area contributed by atoms with Crippen LogP contribution in [0.15, 0.2) is 30.3 Å². The topological polar surface area (TPSA) is 149 Å². The molecule has 0 amide bonds. The van der Waals surface area contributed by atoms with E-state index in [1.54, 1.807) is 55.4 Å². The van der Waals surface area contributed by atoms with E-state index in [1.807, 2.05) is 0 Å². The Balaban J connectivity index is 0.000000570. The summed E-state index contributed by atoms with van der Waals surface area (Å²) in [4.78, 5) is 44.8. The molecule has 2 aromatic carbocycles. The summed E-state index contributed by atoms with van der Waals surface area (Å²) in [6.07, 6.45) is 16.8. The highest BCUT2D eigenvalue weighted by Crippen LogP contribution is 2.29. The van der Waals surface area contributed by atoms with Crippen molar-refractivity contribution in [2.45, 2.75) is 192 Å². The van der Waals surface area contributed by atoms with E-state index < -0.39 is 45.5 Å². The van der Waals surface area contributed by atoms with Crippen molar-refractivity contribution < 1.29 is 39.6 Å². The van der Waals surface area contributed by atoms with Gasteiger partial charge >= 0.3 is 23.9 Å². The van der Waals surface area contributed by atoms with Gasteiger partial charge in [-0.15, -0.1) is 0 Å². The molecule has 4 N–H and O–H groups in total. The van der Waals surface area contributed by atoms with Crippen LogP contribution in [0.4, 0.5) is 0 Å². The van der Waals surface area contributed by atoms with Crippen molar-refractivity contribution in [3.63, 3.8) is 0 Å². The Bertz CT molecular complexity index is 1600. The van der Waals surface area contributed by atoms with Gasteiger partial charge in [0.1, 0.15) is 0 Å². The Morgan fingerprint density at radius 2 is 0.702 bits per heavy atom. The Morgan fingerprint density at radius 1 is 0.404 bits per heavy atom. The lowest BCUT2D eigenvalue weighted by molar-refractivity contribution is -0.148. The molecule has 8 heteroatoms. The summed E-state index contributed by atoms with van der Waals surface area (Å²) in [5.74, 6) is -2.89. The van der Waals surface area contributed by atoms with Crippen LogP contribution in [0, 0.1) is 42.4 Å². The highest BCUT2D eigenvalue weighted by Gasteiger charge is 2.28. The van der Waals surface area contributed by atoms with Crippen molar-refractivity contribution in [1.29, 1.82) is 0 Å². The minimum atomic E-state index is -0.725. The molecule has 322 valence electrons. The predicted molar refractivity (Wildman–Crippen MR) is 232 cm³/mol. The molecular formula is C49H78O8. The smallest absolute Gasteiger partial charge is 0.309 e. The normalized spacial score (nSPS) is 12.2. The van der Waals surface area contributed by atoms with Crippen LogP contribution >= 0.6 is 0 Å². The van der Waals surface area contributed by atoms with E-state index in [2.05, 4.69) is 51.1 Å². The van der Waals surface area contributed by atoms with Gasteiger partial charge in [-0.2, -0.15) is 0 Å². The fourth-order valence-electron chi connectivity index (χ4n) is 7.17. The van der Waals surface area contributed by atoms with Crippen molar-refractivity contribution in [3.8, 4) is 0 Å². The molecule has 0 radical (unpaired) electrons. The van der Waals surface area contributed by atoms with Gasteiger partial charge in [0.2, 0.25) is 0 Å². The van der Waals surface area contributed by atoms with E-state index >= 15 is 0 Å². The number of aliphatic carboxylic acids is 4. The number of carboxylic acid groups (broad SMARTS) is 4. The van der Waals surface area contributed by atoms with E-state index in [9.17, 15) is 39.6 Å². The third kappa shape index (κ3) is 18.2. The molecule has 0 aliphatic carbocycles. The van der Waals surface area contributed by atoms with Crippen LogP contribution in [0.3, 0.4) is 0 Å². The number of aryl methyl sites for hydroxylation is 4. The van der Waals surface area contributed by atoms with Crippen LogP contribution < -0.4 is 0 Å². The Morgan fingerprint density at radius 3 is 1.05 bits per heavy atom. The first-order valence-electron chi connectivity index (χ1n) is 21.4. The standard InChI is InChI=1S/C25H40O4.C24H38O4/c1-18-14-15-20(12-8-7-10-16-24(3,4)22(26)27)19(2)21(18)13-9-11-17-25(5,6)23(28)29;1-18-19(12-7-6-9-16-23(2,3)21(25)26)14-11-15-20(18)13-8-10-17-24(4,5)22(27)28/h14-15H,7-13,16-17H2,1-6H3,(H,26,27)(H,28,29);11,14-15H,6-10,12-13,16-17H2,1-5H3,(H,25,26)(H,27,28). The van der Waals surface area contributed by atoms with E-state index in [4.69, 9.17) is 0 Å². The van der Waals surface area contributed by atoms with E-state index in [0.29, 0.717) is 25.7 Å². The van der Waals surface area contributed by atoms with Gasteiger partial charge < -0.3 is 20.4 Å². The number of unbranched alkanes of at least 4 members (excludes halogenated alkanes) is 6.